The van der Waals surface area contributed by atoms with Crippen LogP contribution >= 0.6 is 11.3 Å². The first-order valence-corrected chi connectivity index (χ1v) is 8.57. The lowest BCUT2D eigenvalue weighted by molar-refractivity contribution is 0.102. The van der Waals surface area contributed by atoms with Crippen molar-refractivity contribution in [3.05, 3.63) is 84.3 Å². The highest BCUT2D eigenvalue weighted by Gasteiger charge is 2.16. The Balaban J connectivity index is 1.94. The van der Waals surface area contributed by atoms with E-state index in [4.69, 9.17) is 0 Å². The third-order valence-electron chi connectivity index (χ3n) is 3.84. The highest BCUT2D eigenvalue weighted by atomic mass is 32.1. The van der Waals surface area contributed by atoms with E-state index < -0.39 is 17.2 Å². The predicted molar refractivity (Wildman–Crippen MR) is 98.6 cm³/mol. The molecule has 0 aliphatic carbocycles. The van der Waals surface area contributed by atoms with Gasteiger partial charge in [-0.15, -0.1) is 11.3 Å². The van der Waals surface area contributed by atoms with Crippen LogP contribution in [0.25, 0.3) is 0 Å². The smallest absolute Gasteiger partial charge is 0.322 e. The van der Waals surface area contributed by atoms with Gasteiger partial charge in [0, 0.05) is 16.8 Å². The van der Waals surface area contributed by atoms with Crippen LogP contribution in [0.1, 0.15) is 26.4 Å². The molecule has 6 nitrogen and oxygen atoms in total. The first-order valence-electron chi connectivity index (χ1n) is 7.69. The number of carbonyl (C=O) groups is 1. The number of aromatic amines is 1. The molecule has 128 valence electrons. The lowest BCUT2D eigenvalue weighted by atomic mass is 10.1. The number of carbonyl (C=O) groups excluding carboxylic acids is 1. The Kier molecular flexibility index (Phi) is 4.67. The zero-order valence-corrected chi connectivity index (χ0v) is 14.6. The Bertz CT molecular complexity index is 1030. The van der Waals surface area contributed by atoms with Gasteiger partial charge in [-0.2, -0.15) is 0 Å². The van der Waals surface area contributed by atoms with Crippen LogP contribution in [0, 0.1) is 13.8 Å². The summed E-state index contributed by atoms with van der Waals surface area (Å²) < 4.78 is 1.03. The van der Waals surface area contributed by atoms with E-state index in [2.05, 4.69) is 10.3 Å². The van der Waals surface area contributed by atoms with E-state index in [0.29, 0.717) is 5.69 Å². The van der Waals surface area contributed by atoms with Gasteiger partial charge in [-0.1, -0.05) is 18.2 Å². The fourth-order valence-electron chi connectivity index (χ4n) is 2.44. The molecule has 2 heterocycles. The summed E-state index contributed by atoms with van der Waals surface area (Å²) in [4.78, 5) is 40.4. The molecule has 0 unspecified atom stereocenters. The molecule has 25 heavy (non-hydrogen) atoms. The summed E-state index contributed by atoms with van der Waals surface area (Å²) in [5.41, 5.74) is 1.28. The average molecular weight is 355 g/mol. The van der Waals surface area contributed by atoms with E-state index in [1.54, 1.807) is 0 Å². The molecule has 1 amide bonds. The minimum atomic E-state index is -0.611. The number of nitrogens with one attached hydrogen (secondary N) is 2. The zero-order chi connectivity index (χ0) is 18.0. The molecule has 0 bridgehead atoms. The number of hydrogen-bond donors (Lipinski definition) is 2. The molecule has 3 rings (SSSR count). The normalized spacial score (nSPS) is 10.6. The van der Waals surface area contributed by atoms with Crippen molar-refractivity contribution < 1.29 is 4.79 Å². The monoisotopic (exact) mass is 355 g/mol. The Hall–Kier alpha value is -2.93. The number of thiophene rings is 1. The van der Waals surface area contributed by atoms with Crippen molar-refractivity contribution in [3.8, 4) is 0 Å². The molecule has 0 spiro atoms. The molecule has 7 heteroatoms. The van der Waals surface area contributed by atoms with Gasteiger partial charge in [0.25, 0.3) is 11.5 Å². The van der Waals surface area contributed by atoms with Crippen LogP contribution in [0.4, 0.5) is 5.69 Å². The summed E-state index contributed by atoms with van der Waals surface area (Å²) in [5, 5.41) is 4.61. The first kappa shape index (κ1) is 16.9. The molecule has 0 aliphatic heterocycles. The molecular formula is C18H17N3O3S. The summed E-state index contributed by atoms with van der Waals surface area (Å²) in [6, 6.07) is 9.35. The van der Waals surface area contributed by atoms with Crippen molar-refractivity contribution >= 4 is 22.9 Å². The lowest BCUT2D eigenvalue weighted by Gasteiger charge is -2.10. The SMILES string of the molecule is Cc1ccc(C)c(NC(=O)c2c[nH]c(=O)n(Cc3cccs3)c2=O)c1. The number of anilines is 1. The Morgan fingerprint density at radius 1 is 1.24 bits per heavy atom. The second-order valence-corrected chi connectivity index (χ2v) is 6.78. The summed E-state index contributed by atoms with van der Waals surface area (Å²) in [6.07, 6.45) is 1.16. The topological polar surface area (TPSA) is 84.0 Å². The molecular weight excluding hydrogens is 338 g/mol. The number of hydrogen-bond acceptors (Lipinski definition) is 4. The van der Waals surface area contributed by atoms with E-state index in [0.717, 1.165) is 26.8 Å². The zero-order valence-electron chi connectivity index (χ0n) is 13.8. The predicted octanol–water partition coefficient (Wildman–Crippen LogP) is 2.52. The molecule has 0 fully saturated rings. The second kappa shape index (κ2) is 6.90. The minimum Gasteiger partial charge on any atom is -0.322 e. The first-order chi connectivity index (χ1) is 12.0. The summed E-state index contributed by atoms with van der Waals surface area (Å²) in [7, 11) is 0. The number of benzene rings is 1. The van der Waals surface area contributed by atoms with Gasteiger partial charge in [-0.05, 0) is 42.5 Å². The van der Waals surface area contributed by atoms with Gasteiger partial charge >= 0.3 is 5.69 Å². The Morgan fingerprint density at radius 3 is 2.76 bits per heavy atom. The van der Waals surface area contributed by atoms with Crippen LogP contribution in [-0.4, -0.2) is 15.5 Å². The number of rotatable bonds is 4. The Morgan fingerprint density at radius 2 is 2.04 bits per heavy atom. The summed E-state index contributed by atoms with van der Waals surface area (Å²) >= 11 is 1.44. The van der Waals surface area contributed by atoms with E-state index in [9.17, 15) is 14.4 Å². The highest BCUT2D eigenvalue weighted by Crippen LogP contribution is 2.16. The van der Waals surface area contributed by atoms with Gasteiger partial charge < -0.3 is 10.3 Å². The quantitative estimate of drug-likeness (QED) is 0.754. The average Bonchev–Trinajstić information content (AvgIpc) is 3.08. The standard InChI is InChI=1S/C18H17N3O3S/c1-11-5-6-12(2)15(8-11)20-16(22)14-9-19-18(24)21(17(14)23)10-13-4-3-7-25-13/h3-9H,10H2,1-2H3,(H,19,24)(H,20,22). The van der Waals surface area contributed by atoms with Gasteiger partial charge in [-0.25, -0.2) is 4.79 Å². The number of nitrogens with zero attached hydrogens (tertiary/aromatic N) is 1. The molecule has 0 atom stereocenters. The van der Waals surface area contributed by atoms with Crippen molar-refractivity contribution in [2.24, 2.45) is 0 Å². The largest absolute Gasteiger partial charge is 0.328 e. The maximum absolute atomic E-state index is 12.6. The van der Waals surface area contributed by atoms with Crippen LogP contribution in [0.2, 0.25) is 0 Å². The number of aryl methyl sites for hydroxylation is 2. The second-order valence-electron chi connectivity index (χ2n) is 5.75. The molecule has 2 aromatic heterocycles. The third-order valence-corrected chi connectivity index (χ3v) is 4.70. The summed E-state index contributed by atoms with van der Waals surface area (Å²) in [6.45, 7) is 3.93. The van der Waals surface area contributed by atoms with Crippen molar-refractivity contribution in [3.63, 3.8) is 0 Å². The van der Waals surface area contributed by atoms with Crippen LogP contribution in [-0.2, 0) is 6.54 Å². The van der Waals surface area contributed by atoms with Gasteiger partial charge in [0.15, 0.2) is 0 Å². The van der Waals surface area contributed by atoms with Gasteiger partial charge in [0.1, 0.15) is 5.56 Å². The maximum atomic E-state index is 12.6. The molecule has 0 saturated heterocycles. The Labute approximate surface area is 147 Å². The van der Waals surface area contributed by atoms with Crippen LogP contribution < -0.4 is 16.6 Å². The maximum Gasteiger partial charge on any atom is 0.328 e. The number of aromatic nitrogens is 2. The van der Waals surface area contributed by atoms with Gasteiger partial charge in [0.05, 0.1) is 6.54 Å². The number of amides is 1. The fraction of sp³-hybridized carbons (Fsp3) is 0.167. The van der Waals surface area contributed by atoms with Crippen LogP contribution in [0.15, 0.2) is 51.5 Å². The van der Waals surface area contributed by atoms with Crippen molar-refractivity contribution in [1.29, 1.82) is 0 Å². The third kappa shape index (κ3) is 3.61. The molecule has 0 saturated carbocycles. The highest BCUT2D eigenvalue weighted by molar-refractivity contribution is 7.09. The lowest BCUT2D eigenvalue weighted by Crippen LogP contribution is -2.39. The van der Waals surface area contributed by atoms with Crippen molar-refractivity contribution in [2.45, 2.75) is 20.4 Å². The fourth-order valence-corrected chi connectivity index (χ4v) is 3.13. The van der Waals surface area contributed by atoms with Gasteiger partial charge in [0.2, 0.25) is 0 Å². The molecule has 2 N–H and O–H groups in total. The summed E-state index contributed by atoms with van der Waals surface area (Å²) in [5.74, 6) is -0.546. The van der Waals surface area contributed by atoms with Gasteiger partial charge in [-0.3, -0.25) is 14.2 Å². The van der Waals surface area contributed by atoms with Crippen molar-refractivity contribution in [2.75, 3.05) is 5.32 Å². The molecule has 0 radical (unpaired) electrons. The molecule has 0 aliphatic rings. The van der Waals surface area contributed by atoms with E-state index in [1.807, 2.05) is 49.6 Å². The molecule has 3 aromatic rings. The van der Waals surface area contributed by atoms with Crippen molar-refractivity contribution in [1.82, 2.24) is 9.55 Å². The number of H-pyrrole nitrogens is 1. The van der Waals surface area contributed by atoms with Crippen LogP contribution in [0.3, 0.4) is 0 Å². The molecule has 1 aromatic carbocycles. The van der Waals surface area contributed by atoms with E-state index in [-0.39, 0.29) is 12.1 Å². The van der Waals surface area contributed by atoms with E-state index >= 15 is 0 Å². The van der Waals surface area contributed by atoms with E-state index in [1.165, 1.54) is 11.3 Å². The van der Waals surface area contributed by atoms with Crippen LogP contribution in [0.5, 0.6) is 0 Å². The minimum absolute atomic E-state index is 0.0999.